The van der Waals surface area contributed by atoms with Crippen LogP contribution in [0, 0.1) is 0 Å². The van der Waals surface area contributed by atoms with E-state index in [1.54, 1.807) is 7.11 Å². The van der Waals surface area contributed by atoms with Crippen LogP contribution in [0.1, 0.15) is 77.6 Å². The van der Waals surface area contributed by atoms with Crippen molar-refractivity contribution in [3.05, 3.63) is 0 Å². The second-order valence-corrected chi connectivity index (χ2v) is 6.46. The van der Waals surface area contributed by atoms with Gasteiger partial charge in [0.15, 0.2) is 0 Å². The number of unbranched alkanes of at least 4 members (excludes halogenated alkanes) is 9. The van der Waals surface area contributed by atoms with Crippen molar-refractivity contribution in [3.63, 3.8) is 0 Å². The maximum atomic E-state index is 9.75. The third-order valence-electron chi connectivity index (χ3n) is 4.03. The zero-order valence-corrected chi connectivity index (χ0v) is 15.7. The third-order valence-corrected chi connectivity index (χ3v) is 4.03. The average molecular weight is 332 g/mol. The Kier molecular flexibility index (Phi) is 19.7. The molecule has 4 heteroatoms. The molecule has 2 N–H and O–H groups in total. The first-order valence-corrected chi connectivity index (χ1v) is 9.76. The van der Waals surface area contributed by atoms with Gasteiger partial charge in [-0.3, -0.25) is 0 Å². The van der Waals surface area contributed by atoms with Crippen LogP contribution in [0.15, 0.2) is 0 Å². The Labute approximate surface area is 144 Å². The maximum absolute atomic E-state index is 9.75. The van der Waals surface area contributed by atoms with Crippen LogP contribution in [0.25, 0.3) is 0 Å². The molecule has 0 aliphatic heterocycles. The Morgan fingerprint density at radius 1 is 0.826 bits per heavy atom. The Morgan fingerprint density at radius 2 is 1.43 bits per heavy atom. The summed E-state index contributed by atoms with van der Waals surface area (Å²) in [5.41, 5.74) is 0. The monoisotopic (exact) mass is 331 g/mol. The van der Waals surface area contributed by atoms with Crippen molar-refractivity contribution in [1.29, 1.82) is 0 Å². The van der Waals surface area contributed by atoms with Crippen molar-refractivity contribution in [2.75, 3.05) is 40.0 Å². The van der Waals surface area contributed by atoms with E-state index in [-0.39, 0.29) is 0 Å². The molecule has 0 aromatic heterocycles. The number of rotatable bonds is 19. The van der Waals surface area contributed by atoms with Gasteiger partial charge in [-0.1, -0.05) is 64.7 Å². The predicted octanol–water partition coefficient (Wildman–Crippen LogP) is 3.91. The van der Waals surface area contributed by atoms with E-state index in [1.807, 2.05) is 0 Å². The zero-order valence-electron chi connectivity index (χ0n) is 15.7. The molecule has 140 valence electrons. The largest absolute Gasteiger partial charge is 0.389 e. The van der Waals surface area contributed by atoms with E-state index in [9.17, 15) is 5.11 Å². The normalized spacial score (nSPS) is 12.7. The third kappa shape index (κ3) is 19.8. The molecule has 1 unspecified atom stereocenters. The van der Waals surface area contributed by atoms with Crippen molar-refractivity contribution in [2.24, 2.45) is 0 Å². The number of aliphatic hydroxyl groups is 1. The zero-order chi connectivity index (χ0) is 17.0. The molecule has 0 amide bonds. The predicted molar refractivity (Wildman–Crippen MR) is 98.0 cm³/mol. The van der Waals surface area contributed by atoms with Crippen LogP contribution in [0.2, 0.25) is 0 Å². The van der Waals surface area contributed by atoms with E-state index in [1.165, 1.54) is 57.8 Å². The topological polar surface area (TPSA) is 50.7 Å². The summed E-state index contributed by atoms with van der Waals surface area (Å²) in [7, 11) is 1.70. The van der Waals surface area contributed by atoms with Crippen molar-refractivity contribution in [3.8, 4) is 0 Å². The van der Waals surface area contributed by atoms with Crippen molar-refractivity contribution < 1.29 is 14.6 Å². The minimum Gasteiger partial charge on any atom is -0.389 e. The molecule has 0 aliphatic carbocycles. The SMILES string of the molecule is CCCCCCCCCCCCOCC(O)CNCCCOC. The number of nitrogens with one attached hydrogen (secondary N) is 1. The highest BCUT2D eigenvalue weighted by Gasteiger charge is 2.03. The first-order valence-electron chi connectivity index (χ1n) is 9.76. The van der Waals surface area contributed by atoms with Gasteiger partial charge in [-0.15, -0.1) is 0 Å². The highest BCUT2D eigenvalue weighted by Crippen LogP contribution is 2.10. The molecular weight excluding hydrogens is 290 g/mol. The molecule has 0 aromatic carbocycles. The van der Waals surface area contributed by atoms with Gasteiger partial charge in [0.25, 0.3) is 0 Å². The van der Waals surface area contributed by atoms with Crippen LogP contribution in [-0.2, 0) is 9.47 Å². The van der Waals surface area contributed by atoms with Gasteiger partial charge in [-0.25, -0.2) is 0 Å². The van der Waals surface area contributed by atoms with Crippen molar-refractivity contribution in [2.45, 2.75) is 83.7 Å². The molecule has 0 spiro atoms. The second-order valence-electron chi connectivity index (χ2n) is 6.46. The molecule has 0 saturated carbocycles. The van der Waals surface area contributed by atoms with Gasteiger partial charge in [-0.05, 0) is 19.4 Å². The lowest BCUT2D eigenvalue weighted by atomic mass is 10.1. The van der Waals surface area contributed by atoms with Crippen LogP contribution in [0.3, 0.4) is 0 Å². The van der Waals surface area contributed by atoms with Gasteiger partial charge >= 0.3 is 0 Å². The van der Waals surface area contributed by atoms with E-state index in [2.05, 4.69) is 12.2 Å². The summed E-state index contributed by atoms with van der Waals surface area (Å²) in [6.45, 7) is 5.72. The summed E-state index contributed by atoms with van der Waals surface area (Å²) >= 11 is 0. The van der Waals surface area contributed by atoms with Crippen molar-refractivity contribution in [1.82, 2.24) is 5.32 Å². The number of ether oxygens (including phenoxy) is 2. The number of hydrogen-bond donors (Lipinski definition) is 2. The lowest BCUT2D eigenvalue weighted by Crippen LogP contribution is -2.31. The number of hydrogen-bond acceptors (Lipinski definition) is 4. The highest BCUT2D eigenvalue weighted by molar-refractivity contribution is 4.58. The fraction of sp³-hybridized carbons (Fsp3) is 1.00. The van der Waals surface area contributed by atoms with Crippen molar-refractivity contribution >= 4 is 0 Å². The first-order chi connectivity index (χ1) is 11.3. The van der Waals surface area contributed by atoms with Crippen LogP contribution in [0.4, 0.5) is 0 Å². The fourth-order valence-corrected chi connectivity index (χ4v) is 2.58. The summed E-state index contributed by atoms with van der Waals surface area (Å²) in [4.78, 5) is 0. The van der Waals surface area contributed by atoms with Crippen LogP contribution in [0.5, 0.6) is 0 Å². The number of aliphatic hydroxyl groups excluding tert-OH is 1. The highest BCUT2D eigenvalue weighted by atomic mass is 16.5. The molecule has 23 heavy (non-hydrogen) atoms. The fourth-order valence-electron chi connectivity index (χ4n) is 2.58. The average Bonchev–Trinajstić information content (AvgIpc) is 2.55. The minimum atomic E-state index is -0.402. The quantitative estimate of drug-likeness (QED) is 0.352. The summed E-state index contributed by atoms with van der Waals surface area (Å²) in [5.74, 6) is 0. The van der Waals surface area contributed by atoms with Gasteiger partial charge in [-0.2, -0.15) is 0 Å². The van der Waals surface area contributed by atoms with Gasteiger partial charge in [0.1, 0.15) is 0 Å². The smallest absolute Gasteiger partial charge is 0.0897 e. The van der Waals surface area contributed by atoms with E-state index in [0.29, 0.717) is 13.2 Å². The van der Waals surface area contributed by atoms with Crippen LogP contribution < -0.4 is 5.32 Å². The Hall–Kier alpha value is -0.160. The second kappa shape index (κ2) is 19.9. The van der Waals surface area contributed by atoms with E-state index in [4.69, 9.17) is 9.47 Å². The van der Waals surface area contributed by atoms with Crippen LogP contribution in [-0.4, -0.2) is 51.2 Å². The lowest BCUT2D eigenvalue weighted by molar-refractivity contribution is 0.0353. The van der Waals surface area contributed by atoms with E-state index >= 15 is 0 Å². The molecule has 0 saturated heterocycles. The Balaban J connectivity index is 3.08. The van der Waals surface area contributed by atoms with E-state index in [0.717, 1.165) is 32.6 Å². The first kappa shape index (κ1) is 22.8. The van der Waals surface area contributed by atoms with Gasteiger partial charge < -0.3 is 19.9 Å². The summed E-state index contributed by atoms with van der Waals surface area (Å²) < 4.78 is 10.5. The molecule has 0 heterocycles. The lowest BCUT2D eigenvalue weighted by Gasteiger charge is -2.12. The van der Waals surface area contributed by atoms with E-state index < -0.39 is 6.10 Å². The molecule has 4 nitrogen and oxygen atoms in total. The Bertz CT molecular complexity index is 215. The molecule has 0 aromatic rings. The molecule has 0 radical (unpaired) electrons. The van der Waals surface area contributed by atoms with Gasteiger partial charge in [0.05, 0.1) is 12.7 Å². The maximum Gasteiger partial charge on any atom is 0.0897 e. The van der Waals surface area contributed by atoms with Crippen LogP contribution >= 0.6 is 0 Å². The molecule has 0 bridgehead atoms. The standard InChI is InChI=1S/C19H41NO3/c1-3-4-5-6-7-8-9-10-11-12-16-23-18-19(21)17-20-14-13-15-22-2/h19-21H,3-18H2,1-2H3. The minimum absolute atomic E-state index is 0.402. The Morgan fingerprint density at radius 3 is 2.04 bits per heavy atom. The van der Waals surface area contributed by atoms with Gasteiger partial charge in [0.2, 0.25) is 0 Å². The molecule has 0 fully saturated rings. The number of methoxy groups -OCH3 is 1. The van der Waals surface area contributed by atoms with Gasteiger partial charge in [0, 0.05) is 26.9 Å². The molecular formula is C19H41NO3. The molecule has 1 atom stereocenters. The summed E-state index contributed by atoms with van der Waals surface area (Å²) in [6.07, 6.45) is 14.0. The summed E-state index contributed by atoms with van der Waals surface area (Å²) in [5, 5.41) is 13.0. The summed E-state index contributed by atoms with van der Waals surface area (Å²) in [6, 6.07) is 0. The molecule has 0 rings (SSSR count). The molecule has 0 aliphatic rings.